The molecular formula is C36H37ClN6O3. The number of fused-ring (bicyclic) bond motifs is 8. The quantitative estimate of drug-likeness (QED) is 0.213. The molecule has 0 spiro atoms. The molecule has 1 aliphatic rings. The number of carboxylic acids is 1. The molecule has 0 amide bonds. The highest BCUT2D eigenvalue weighted by molar-refractivity contribution is 6.35. The van der Waals surface area contributed by atoms with Gasteiger partial charge in [-0.15, -0.1) is 0 Å². The van der Waals surface area contributed by atoms with E-state index in [2.05, 4.69) is 35.6 Å². The number of ether oxygens (including phenoxy) is 1. The minimum atomic E-state index is -0.968. The monoisotopic (exact) mass is 636 g/mol. The first-order valence-corrected chi connectivity index (χ1v) is 16.0. The molecule has 7 rings (SSSR count). The van der Waals surface area contributed by atoms with Crippen LogP contribution in [-0.2, 0) is 53.5 Å². The molecule has 4 heterocycles. The summed E-state index contributed by atoms with van der Waals surface area (Å²) < 4.78 is 12.1. The highest BCUT2D eigenvalue weighted by Gasteiger charge is 2.27. The summed E-state index contributed by atoms with van der Waals surface area (Å²) in [5.74, 6) is -0.122. The predicted octanol–water partition coefficient (Wildman–Crippen LogP) is 6.53. The Kier molecular flexibility index (Phi) is 7.82. The SMILES string of the molecule is Cc1nn(C)c2c1-c1c(Cl)ccc3c(c(C(=O)O)n(C)c13)CCCOc1cc(cc3ccccc13)CCc1cc(nn1C)CNC2. The van der Waals surface area contributed by atoms with Crippen molar-refractivity contribution in [2.75, 3.05) is 6.61 Å². The lowest BCUT2D eigenvalue weighted by molar-refractivity contribution is 0.0685. The Labute approximate surface area is 272 Å². The van der Waals surface area contributed by atoms with Crippen LogP contribution in [0.1, 0.15) is 50.8 Å². The second-order valence-electron chi connectivity index (χ2n) is 12.2. The highest BCUT2D eigenvalue weighted by atomic mass is 35.5. The summed E-state index contributed by atoms with van der Waals surface area (Å²) in [7, 11) is 5.74. The standard InChI is InChI=1S/C36H37ClN6O3/c1-21-32-30(43(4)39-21)20-38-19-24-18-25(42(3)40-24)12-11-22-16-23-8-5-6-9-26(23)31(17-22)46-15-7-10-27-28-13-14-29(37)33(32)34(28)41(2)35(27)36(44)45/h5-6,8-9,13-14,16-18,38H,7,10-12,15,19-20H2,1-4H3,(H,44,45). The van der Waals surface area contributed by atoms with Crippen LogP contribution in [0.3, 0.4) is 0 Å². The van der Waals surface area contributed by atoms with E-state index in [1.165, 1.54) is 11.3 Å². The second kappa shape index (κ2) is 12.0. The molecule has 236 valence electrons. The molecule has 0 fully saturated rings. The molecule has 2 N–H and O–H groups in total. The second-order valence-corrected chi connectivity index (χ2v) is 12.6. The minimum absolute atomic E-state index is 0.264. The number of rotatable bonds is 1. The number of hydrogen-bond acceptors (Lipinski definition) is 5. The van der Waals surface area contributed by atoms with Gasteiger partial charge in [0.15, 0.2) is 0 Å². The molecule has 0 radical (unpaired) electrons. The van der Waals surface area contributed by atoms with Crippen LogP contribution in [0.4, 0.5) is 0 Å². The van der Waals surface area contributed by atoms with Crippen LogP contribution in [-0.4, -0.2) is 41.8 Å². The van der Waals surface area contributed by atoms with Gasteiger partial charge in [0.05, 0.1) is 34.2 Å². The van der Waals surface area contributed by atoms with E-state index in [0.29, 0.717) is 37.6 Å². The molecule has 3 aromatic heterocycles. The predicted molar refractivity (Wildman–Crippen MR) is 181 cm³/mol. The van der Waals surface area contributed by atoms with Gasteiger partial charge in [0.25, 0.3) is 0 Å². The average Bonchev–Trinajstić information content (AvgIpc) is 3.62. The zero-order valence-electron chi connectivity index (χ0n) is 26.5. The fourth-order valence-electron chi connectivity index (χ4n) is 7.10. The summed E-state index contributed by atoms with van der Waals surface area (Å²) in [5, 5.41) is 27.2. The number of aryl methyl sites for hydroxylation is 7. The largest absolute Gasteiger partial charge is 0.493 e. The number of aromatic nitrogens is 5. The summed E-state index contributed by atoms with van der Waals surface area (Å²) in [6.07, 6.45) is 2.89. The summed E-state index contributed by atoms with van der Waals surface area (Å²) in [4.78, 5) is 12.7. The maximum Gasteiger partial charge on any atom is 0.352 e. The van der Waals surface area contributed by atoms with Gasteiger partial charge in [-0.2, -0.15) is 10.2 Å². The summed E-state index contributed by atoms with van der Waals surface area (Å²) in [6, 6.07) is 18.6. The first-order chi connectivity index (χ1) is 22.2. The van der Waals surface area contributed by atoms with Crippen molar-refractivity contribution in [1.82, 2.24) is 29.4 Å². The van der Waals surface area contributed by atoms with Gasteiger partial charge in [-0.25, -0.2) is 4.79 Å². The van der Waals surface area contributed by atoms with E-state index in [1.54, 1.807) is 4.57 Å². The summed E-state index contributed by atoms with van der Waals surface area (Å²) in [6.45, 7) is 3.54. The first kappa shape index (κ1) is 30.1. The fourth-order valence-corrected chi connectivity index (χ4v) is 7.35. The molecule has 10 heteroatoms. The van der Waals surface area contributed by atoms with E-state index in [9.17, 15) is 9.90 Å². The van der Waals surface area contributed by atoms with Crippen molar-refractivity contribution in [2.24, 2.45) is 21.1 Å². The molecule has 8 bridgehead atoms. The van der Waals surface area contributed by atoms with E-state index < -0.39 is 5.97 Å². The number of carboxylic acid groups (broad SMARTS) is 1. The van der Waals surface area contributed by atoms with Crippen LogP contribution >= 0.6 is 11.6 Å². The van der Waals surface area contributed by atoms with Crippen molar-refractivity contribution < 1.29 is 14.6 Å². The Morgan fingerprint density at radius 3 is 2.59 bits per heavy atom. The fraction of sp³-hybridized carbons (Fsp3) is 0.306. The van der Waals surface area contributed by atoms with Crippen LogP contribution in [0.15, 0.2) is 54.6 Å². The van der Waals surface area contributed by atoms with E-state index in [1.807, 2.05) is 61.7 Å². The molecule has 9 nitrogen and oxygen atoms in total. The van der Waals surface area contributed by atoms with E-state index in [-0.39, 0.29) is 5.69 Å². The van der Waals surface area contributed by atoms with Gasteiger partial charge in [0.1, 0.15) is 11.4 Å². The zero-order chi connectivity index (χ0) is 32.1. The average molecular weight is 637 g/mol. The van der Waals surface area contributed by atoms with Crippen molar-refractivity contribution in [2.45, 2.75) is 45.7 Å². The number of benzene rings is 3. The van der Waals surface area contributed by atoms with Gasteiger partial charge in [-0.3, -0.25) is 9.36 Å². The van der Waals surface area contributed by atoms with Crippen LogP contribution in [0.2, 0.25) is 5.02 Å². The molecule has 0 atom stereocenters. The molecule has 0 unspecified atom stereocenters. The van der Waals surface area contributed by atoms with E-state index >= 15 is 0 Å². The Morgan fingerprint density at radius 1 is 0.935 bits per heavy atom. The van der Waals surface area contributed by atoms with Crippen molar-refractivity contribution in [1.29, 1.82) is 0 Å². The van der Waals surface area contributed by atoms with Crippen LogP contribution in [0.25, 0.3) is 32.8 Å². The van der Waals surface area contributed by atoms with Crippen LogP contribution in [0.5, 0.6) is 5.75 Å². The van der Waals surface area contributed by atoms with Gasteiger partial charge in [0.2, 0.25) is 0 Å². The third-order valence-corrected chi connectivity index (χ3v) is 9.53. The Bertz CT molecular complexity index is 2140. The lowest BCUT2D eigenvalue weighted by Gasteiger charge is -2.13. The first-order valence-electron chi connectivity index (χ1n) is 15.6. The number of halogens is 1. The lowest BCUT2D eigenvalue weighted by atomic mass is 9.98. The Balaban J connectivity index is 1.36. The van der Waals surface area contributed by atoms with Crippen LogP contribution < -0.4 is 10.1 Å². The summed E-state index contributed by atoms with van der Waals surface area (Å²) in [5.41, 5.74) is 8.67. The third-order valence-electron chi connectivity index (χ3n) is 9.21. The van der Waals surface area contributed by atoms with Crippen molar-refractivity contribution in [3.63, 3.8) is 0 Å². The number of carbonyl (C=O) groups is 1. The normalized spacial score (nSPS) is 14.3. The molecule has 46 heavy (non-hydrogen) atoms. The van der Waals surface area contributed by atoms with E-state index in [0.717, 1.165) is 74.0 Å². The van der Waals surface area contributed by atoms with Gasteiger partial charge in [-0.1, -0.05) is 48.0 Å². The maximum absolute atomic E-state index is 12.7. The van der Waals surface area contributed by atoms with Crippen LogP contribution in [0, 0.1) is 6.92 Å². The van der Waals surface area contributed by atoms with Crippen molar-refractivity contribution in [3.8, 4) is 16.9 Å². The van der Waals surface area contributed by atoms with Gasteiger partial charge < -0.3 is 19.7 Å². The Morgan fingerprint density at radius 2 is 1.76 bits per heavy atom. The molecule has 0 aliphatic carbocycles. The molecular weight excluding hydrogens is 600 g/mol. The zero-order valence-corrected chi connectivity index (χ0v) is 27.3. The van der Waals surface area contributed by atoms with Crippen molar-refractivity contribution >= 4 is 39.2 Å². The molecule has 0 saturated carbocycles. The summed E-state index contributed by atoms with van der Waals surface area (Å²) >= 11 is 6.97. The molecule has 0 saturated heterocycles. The highest BCUT2D eigenvalue weighted by Crippen LogP contribution is 2.42. The lowest BCUT2D eigenvalue weighted by Crippen LogP contribution is -2.16. The smallest absolute Gasteiger partial charge is 0.352 e. The maximum atomic E-state index is 12.7. The van der Waals surface area contributed by atoms with Gasteiger partial charge >= 0.3 is 5.97 Å². The molecule has 6 aromatic rings. The topological polar surface area (TPSA) is 99.1 Å². The number of nitrogens with zero attached hydrogens (tertiary/aromatic N) is 5. The number of hydrogen-bond donors (Lipinski definition) is 2. The number of nitrogens with one attached hydrogen (secondary N) is 1. The van der Waals surface area contributed by atoms with Crippen molar-refractivity contribution in [3.05, 3.63) is 99.2 Å². The molecule has 3 aromatic carbocycles. The van der Waals surface area contributed by atoms with E-state index in [4.69, 9.17) is 26.5 Å². The molecule has 1 aliphatic heterocycles. The number of aromatic carboxylic acids is 1. The minimum Gasteiger partial charge on any atom is -0.493 e. The Hall–Kier alpha value is -4.60. The van der Waals surface area contributed by atoms with Gasteiger partial charge in [-0.05, 0) is 67.3 Å². The van der Waals surface area contributed by atoms with Gasteiger partial charge in [0, 0.05) is 61.8 Å². The third kappa shape index (κ3) is 5.23.